The van der Waals surface area contributed by atoms with Gasteiger partial charge in [-0.05, 0) is 38.5 Å². The third-order valence-electron chi connectivity index (χ3n) is 4.45. The van der Waals surface area contributed by atoms with E-state index in [1.165, 1.54) is 91.0 Å². The van der Waals surface area contributed by atoms with Crippen molar-refractivity contribution in [3.63, 3.8) is 0 Å². The molecule has 0 aliphatic carbocycles. The standard InChI is InChI=1S/C17H33NO2.ClH/c1-20-17(19)13-9-6-4-2-3-5-7-10-14-18-15-11-8-12-16-18;/h2-16H2,1H3;1H. The number of piperidine rings is 1. The molecule has 0 amide bonds. The minimum absolute atomic E-state index is 0. The number of halogens is 1. The first kappa shape index (κ1) is 20.7. The molecule has 1 aliphatic rings. The first-order valence-electron chi connectivity index (χ1n) is 8.73. The summed E-state index contributed by atoms with van der Waals surface area (Å²) in [6.07, 6.45) is 15.3. The maximum absolute atomic E-state index is 10.9. The Hall–Kier alpha value is -0.280. The zero-order valence-corrected chi connectivity index (χ0v) is 14.6. The lowest BCUT2D eigenvalue weighted by molar-refractivity contribution is -0.905. The molecule has 126 valence electrons. The van der Waals surface area contributed by atoms with Gasteiger partial charge in [0.2, 0.25) is 0 Å². The molecule has 1 heterocycles. The van der Waals surface area contributed by atoms with Crippen LogP contribution in [0.25, 0.3) is 0 Å². The Morgan fingerprint density at radius 1 is 0.857 bits per heavy atom. The molecule has 1 saturated heterocycles. The lowest BCUT2D eigenvalue weighted by Crippen LogP contribution is -3.12. The molecule has 1 fully saturated rings. The van der Waals surface area contributed by atoms with Crippen LogP contribution in [0, 0.1) is 0 Å². The Kier molecular flexibility index (Phi) is 14.5. The fourth-order valence-corrected chi connectivity index (χ4v) is 3.11. The molecule has 21 heavy (non-hydrogen) atoms. The van der Waals surface area contributed by atoms with Crippen LogP contribution >= 0.6 is 0 Å². The minimum atomic E-state index is -0.0646. The van der Waals surface area contributed by atoms with Crippen LogP contribution in [-0.2, 0) is 9.53 Å². The quantitative estimate of drug-likeness (QED) is 0.420. The molecule has 0 radical (unpaired) electrons. The van der Waals surface area contributed by atoms with Crippen LogP contribution < -0.4 is 17.3 Å². The third kappa shape index (κ3) is 12.0. The highest BCUT2D eigenvalue weighted by molar-refractivity contribution is 5.68. The van der Waals surface area contributed by atoms with E-state index in [0.29, 0.717) is 6.42 Å². The molecular formula is C17H34ClNO2. The van der Waals surface area contributed by atoms with E-state index in [2.05, 4.69) is 4.74 Å². The third-order valence-corrected chi connectivity index (χ3v) is 4.45. The van der Waals surface area contributed by atoms with Crippen LogP contribution in [0.2, 0.25) is 0 Å². The maximum atomic E-state index is 10.9. The molecule has 0 atom stereocenters. The molecule has 4 heteroatoms. The van der Waals surface area contributed by atoms with Gasteiger partial charge in [0.05, 0.1) is 26.7 Å². The number of likely N-dealkylation sites (tertiary alicyclic amines) is 1. The van der Waals surface area contributed by atoms with E-state index in [1.54, 1.807) is 0 Å². The fourth-order valence-electron chi connectivity index (χ4n) is 3.11. The number of ether oxygens (including phenoxy) is 1. The van der Waals surface area contributed by atoms with E-state index in [1.807, 2.05) is 4.90 Å². The molecule has 0 spiro atoms. The van der Waals surface area contributed by atoms with Crippen molar-refractivity contribution >= 4 is 5.97 Å². The smallest absolute Gasteiger partial charge is 0.305 e. The number of quaternary nitrogens is 1. The monoisotopic (exact) mass is 319 g/mol. The Labute approximate surface area is 137 Å². The molecular weight excluding hydrogens is 286 g/mol. The second-order valence-electron chi connectivity index (χ2n) is 6.22. The number of hydrogen-bond acceptors (Lipinski definition) is 2. The van der Waals surface area contributed by atoms with Gasteiger partial charge >= 0.3 is 5.97 Å². The Morgan fingerprint density at radius 2 is 1.38 bits per heavy atom. The average Bonchev–Trinajstić information content (AvgIpc) is 2.50. The van der Waals surface area contributed by atoms with Gasteiger partial charge in [-0.15, -0.1) is 0 Å². The summed E-state index contributed by atoms with van der Waals surface area (Å²) < 4.78 is 4.63. The van der Waals surface area contributed by atoms with Crippen molar-refractivity contribution in [2.24, 2.45) is 0 Å². The summed E-state index contributed by atoms with van der Waals surface area (Å²) in [6, 6.07) is 0. The van der Waals surface area contributed by atoms with Gasteiger partial charge in [0.15, 0.2) is 0 Å². The summed E-state index contributed by atoms with van der Waals surface area (Å²) in [5, 5.41) is 0. The molecule has 1 aliphatic heterocycles. The van der Waals surface area contributed by atoms with Crippen LogP contribution in [0.3, 0.4) is 0 Å². The molecule has 0 aromatic heterocycles. The number of carbonyl (C=O) groups is 1. The van der Waals surface area contributed by atoms with E-state index < -0.39 is 0 Å². The highest BCUT2D eigenvalue weighted by Crippen LogP contribution is 2.09. The summed E-state index contributed by atoms with van der Waals surface area (Å²) in [4.78, 5) is 12.8. The number of esters is 1. The highest BCUT2D eigenvalue weighted by Gasteiger charge is 2.11. The van der Waals surface area contributed by atoms with Crippen molar-refractivity contribution < 1.29 is 26.8 Å². The Bertz CT molecular complexity index is 243. The number of unbranched alkanes of at least 4 members (excludes halogenated alkanes) is 7. The van der Waals surface area contributed by atoms with Crippen LogP contribution in [-0.4, -0.2) is 32.7 Å². The summed E-state index contributed by atoms with van der Waals surface area (Å²) in [6.45, 7) is 4.24. The van der Waals surface area contributed by atoms with Crippen molar-refractivity contribution in [3.8, 4) is 0 Å². The van der Waals surface area contributed by atoms with Crippen molar-refractivity contribution in [3.05, 3.63) is 0 Å². The predicted octanol–water partition coefficient (Wildman–Crippen LogP) is -0.257. The maximum Gasteiger partial charge on any atom is 0.305 e. The van der Waals surface area contributed by atoms with Gasteiger partial charge in [-0.1, -0.05) is 32.1 Å². The summed E-state index contributed by atoms with van der Waals surface area (Å²) in [7, 11) is 1.47. The molecule has 1 N–H and O–H groups in total. The Balaban J connectivity index is 0.00000400. The normalized spacial score (nSPS) is 15.5. The van der Waals surface area contributed by atoms with Gasteiger partial charge in [-0.3, -0.25) is 4.79 Å². The van der Waals surface area contributed by atoms with Crippen molar-refractivity contribution in [1.82, 2.24) is 0 Å². The topological polar surface area (TPSA) is 30.7 Å². The van der Waals surface area contributed by atoms with Gasteiger partial charge < -0.3 is 22.0 Å². The molecule has 3 nitrogen and oxygen atoms in total. The van der Waals surface area contributed by atoms with Crippen LogP contribution in [0.4, 0.5) is 0 Å². The summed E-state index contributed by atoms with van der Waals surface area (Å²) >= 11 is 0. The lowest BCUT2D eigenvalue weighted by Gasteiger charge is -2.23. The van der Waals surface area contributed by atoms with Gasteiger partial charge in [0, 0.05) is 6.42 Å². The molecule has 0 unspecified atom stereocenters. The van der Waals surface area contributed by atoms with Crippen molar-refractivity contribution in [2.75, 3.05) is 26.7 Å². The van der Waals surface area contributed by atoms with Crippen LogP contribution in [0.15, 0.2) is 0 Å². The zero-order valence-electron chi connectivity index (χ0n) is 13.8. The fraction of sp³-hybridized carbons (Fsp3) is 0.941. The molecule has 0 bridgehead atoms. The molecule has 0 saturated carbocycles. The lowest BCUT2D eigenvalue weighted by atomic mass is 10.1. The van der Waals surface area contributed by atoms with Crippen molar-refractivity contribution in [2.45, 2.75) is 77.0 Å². The van der Waals surface area contributed by atoms with Gasteiger partial charge in [0.25, 0.3) is 0 Å². The minimum Gasteiger partial charge on any atom is -1.00 e. The number of rotatable bonds is 11. The second-order valence-corrected chi connectivity index (χ2v) is 6.22. The summed E-state index contributed by atoms with van der Waals surface area (Å²) in [5.41, 5.74) is 0. The van der Waals surface area contributed by atoms with Gasteiger partial charge in [-0.25, -0.2) is 0 Å². The SMILES string of the molecule is COC(=O)CCCCCCCCCC[NH+]1CCCCC1.[Cl-]. The number of carbonyl (C=O) groups excluding carboxylic acids is 1. The Morgan fingerprint density at radius 3 is 1.95 bits per heavy atom. The van der Waals surface area contributed by atoms with Crippen molar-refractivity contribution in [1.29, 1.82) is 0 Å². The number of methoxy groups -OCH3 is 1. The average molecular weight is 320 g/mol. The number of nitrogens with one attached hydrogen (secondary N) is 1. The molecule has 0 aromatic carbocycles. The number of hydrogen-bond donors (Lipinski definition) is 1. The summed E-state index contributed by atoms with van der Waals surface area (Å²) in [5.74, 6) is -0.0646. The van der Waals surface area contributed by atoms with E-state index in [9.17, 15) is 4.79 Å². The second kappa shape index (κ2) is 14.6. The largest absolute Gasteiger partial charge is 1.00 e. The highest BCUT2D eigenvalue weighted by atomic mass is 35.5. The molecule has 0 aromatic rings. The van der Waals surface area contributed by atoms with Crippen LogP contribution in [0.5, 0.6) is 0 Å². The van der Waals surface area contributed by atoms with E-state index in [4.69, 9.17) is 0 Å². The van der Waals surface area contributed by atoms with Crippen LogP contribution in [0.1, 0.15) is 77.0 Å². The van der Waals surface area contributed by atoms with E-state index in [-0.39, 0.29) is 18.4 Å². The molecule has 1 rings (SSSR count). The van der Waals surface area contributed by atoms with E-state index >= 15 is 0 Å². The van der Waals surface area contributed by atoms with E-state index in [0.717, 1.165) is 6.42 Å². The van der Waals surface area contributed by atoms with Gasteiger partial charge in [-0.2, -0.15) is 0 Å². The van der Waals surface area contributed by atoms with Gasteiger partial charge in [0.1, 0.15) is 0 Å². The zero-order chi connectivity index (χ0) is 14.5. The predicted molar refractivity (Wildman–Crippen MR) is 83.0 cm³/mol. The first-order chi connectivity index (χ1) is 9.83. The first-order valence-corrected chi connectivity index (χ1v) is 8.73.